The van der Waals surface area contributed by atoms with Crippen molar-refractivity contribution in [2.45, 2.75) is 6.92 Å². The Balaban J connectivity index is 1.92. The number of hydrogen-bond acceptors (Lipinski definition) is 2. The molecular weight excluding hydrogens is 265 g/mol. The molecule has 0 atom stereocenters. The first kappa shape index (κ1) is 13.1. The topological polar surface area (TPSA) is 30.7 Å². The third-order valence-corrected chi connectivity index (χ3v) is 2.96. The number of pyridine rings is 1. The van der Waals surface area contributed by atoms with E-state index in [2.05, 4.69) is 21.9 Å². The standard InChI is InChI=1S/C17H12FN3/c1-13-11-16(7-4-14-3-2-10-19-12-14)20-21(13)17-8-5-15(18)6-9-17/h2-3,5-6,8-12H,1H3. The number of hydrogen-bond donors (Lipinski definition) is 0. The molecule has 0 N–H and O–H groups in total. The van der Waals surface area contributed by atoms with Crippen molar-refractivity contribution in [1.29, 1.82) is 0 Å². The number of rotatable bonds is 1. The summed E-state index contributed by atoms with van der Waals surface area (Å²) >= 11 is 0. The lowest BCUT2D eigenvalue weighted by atomic mass is 10.3. The van der Waals surface area contributed by atoms with Crippen LogP contribution in [-0.2, 0) is 0 Å². The average Bonchev–Trinajstić information content (AvgIpc) is 2.88. The predicted molar refractivity (Wildman–Crippen MR) is 78.5 cm³/mol. The van der Waals surface area contributed by atoms with Gasteiger partial charge in [0.15, 0.2) is 0 Å². The van der Waals surface area contributed by atoms with Crippen LogP contribution in [-0.4, -0.2) is 14.8 Å². The lowest BCUT2D eigenvalue weighted by Gasteiger charge is -2.02. The van der Waals surface area contributed by atoms with Gasteiger partial charge in [-0.2, -0.15) is 5.10 Å². The van der Waals surface area contributed by atoms with Crippen molar-refractivity contribution in [3.63, 3.8) is 0 Å². The second kappa shape index (κ2) is 5.59. The second-order valence-electron chi connectivity index (χ2n) is 4.55. The Morgan fingerprint density at radius 1 is 1.10 bits per heavy atom. The zero-order valence-corrected chi connectivity index (χ0v) is 11.4. The number of aromatic nitrogens is 3. The molecule has 0 spiro atoms. The lowest BCUT2D eigenvalue weighted by Crippen LogP contribution is -1.98. The van der Waals surface area contributed by atoms with Crippen LogP contribution in [0.4, 0.5) is 4.39 Å². The van der Waals surface area contributed by atoms with Crippen LogP contribution in [0.25, 0.3) is 5.69 Å². The van der Waals surface area contributed by atoms with E-state index in [1.54, 1.807) is 29.2 Å². The van der Waals surface area contributed by atoms with Crippen molar-refractivity contribution >= 4 is 0 Å². The molecule has 0 fully saturated rings. The summed E-state index contributed by atoms with van der Waals surface area (Å²) in [5, 5.41) is 4.42. The number of halogens is 1. The van der Waals surface area contributed by atoms with E-state index >= 15 is 0 Å². The van der Waals surface area contributed by atoms with Gasteiger partial charge in [0.05, 0.1) is 5.69 Å². The van der Waals surface area contributed by atoms with Crippen molar-refractivity contribution in [3.8, 4) is 17.5 Å². The molecule has 3 rings (SSSR count). The fourth-order valence-electron chi connectivity index (χ4n) is 1.95. The van der Waals surface area contributed by atoms with Crippen molar-refractivity contribution in [2.24, 2.45) is 0 Å². The van der Waals surface area contributed by atoms with Gasteiger partial charge in [-0.1, -0.05) is 5.92 Å². The smallest absolute Gasteiger partial charge is 0.136 e. The summed E-state index contributed by atoms with van der Waals surface area (Å²) in [7, 11) is 0. The molecule has 3 nitrogen and oxygen atoms in total. The quantitative estimate of drug-likeness (QED) is 0.640. The number of nitrogens with zero attached hydrogens (tertiary/aromatic N) is 3. The van der Waals surface area contributed by atoms with E-state index in [0.717, 1.165) is 16.9 Å². The minimum atomic E-state index is -0.264. The molecule has 0 aliphatic rings. The predicted octanol–water partition coefficient (Wildman–Crippen LogP) is 3.11. The van der Waals surface area contributed by atoms with E-state index in [1.807, 2.05) is 25.1 Å². The summed E-state index contributed by atoms with van der Waals surface area (Å²) < 4.78 is 14.7. The third kappa shape index (κ3) is 2.98. The molecule has 0 aliphatic carbocycles. The van der Waals surface area contributed by atoms with Crippen molar-refractivity contribution in [1.82, 2.24) is 14.8 Å². The van der Waals surface area contributed by atoms with Gasteiger partial charge in [0, 0.05) is 23.7 Å². The maximum absolute atomic E-state index is 13.0. The lowest BCUT2D eigenvalue weighted by molar-refractivity contribution is 0.627. The van der Waals surface area contributed by atoms with Crippen molar-refractivity contribution in [3.05, 3.63) is 77.6 Å². The van der Waals surface area contributed by atoms with Gasteiger partial charge in [-0.15, -0.1) is 0 Å². The fraction of sp³-hybridized carbons (Fsp3) is 0.0588. The van der Waals surface area contributed by atoms with Gasteiger partial charge in [-0.05, 0) is 55.3 Å². The van der Waals surface area contributed by atoms with E-state index < -0.39 is 0 Å². The maximum Gasteiger partial charge on any atom is 0.136 e. The Bertz CT molecular complexity index is 809. The summed E-state index contributed by atoms with van der Waals surface area (Å²) in [6.07, 6.45) is 3.41. The first-order chi connectivity index (χ1) is 10.2. The molecule has 102 valence electrons. The van der Waals surface area contributed by atoms with Gasteiger partial charge in [0.25, 0.3) is 0 Å². The largest absolute Gasteiger partial charge is 0.263 e. The molecule has 21 heavy (non-hydrogen) atoms. The molecule has 0 aliphatic heterocycles. The second-order valence-corrected chi connectivity index (χ2v) is 4.55. The van der Waals surface area contributed by atoms with Gasteiger partial charge >= 0.3 is 0 Å². The van der Waals surface area contributed by atoms with Crippen LogP contribution in [0.2, 0.25) is 0 Å². The van der Waals surface area contributed by atoms with E-state index in [9.17, 15) is 4.39 Å². The summed E-state index contributed by atoms with van der Waals surface area (Å²) in [6, 6.07) is 11.8. The summed E-state index contributed by atoms with van der Waals surface area (Å²) in [5.74, 6) is 5.76. The van der Waals surface area contributed by atoms with E-state index in [4.69, 9.17) is 0 Å². The molecular formula is C17H12FN3. The minimum absolute atomic E-state index is 0.264. The third-order valence-electron chi connectivity index (χ3n) is 2.96. The molecule has 0 radical (unpaired) electrons. The molecule has 0 bridgehead atoms. The van der Waals surface area contributed by atoms with Crippen LogP contribution in [0.3, 0.4) is 0 Å². The zero-order chi connectivity index (χ0) is 14.7. The zero-order valence-electron chi connectivity index (χ0n) is 11.4. The minimum Gasteiger partial charge on any atom is -0.263 e. The van der Waals surface area contributed by atoms with Crippen LogP contribution in [0.15, 0.2) is 54.9 Å². The van der Waals surface area contributed by atoms with E-state index in [1.165, 1.54) is 12.1 Å². The molecule has 0 unspecified atom stereocenters. The van der Waals surface area contributed by atoms with Crippen molar-refractivity contribution < 1.29 is 4.39 Å². The average molecular weight is 277 g/mol. The van der Waals surface area contributed by atoms with Gasteiger partial charge in [-0.3, -0.25) is 4.98 Å². The summed E-state index contributed by atoms with van der Waals surface area (Å²) in [5.41, 5.74) is 3.26. The monoisotopic (exact) mass is 277 g/mol. The number of benzene rings is 1. The first-order valence-corrected chi connectivity index (χ1v) is 6.47. The van der Waals surface area contributed by atoms with Gasteiger partial charge in [-0.25, -0.2) is 9.07 Å². The Hall–Kier alpha value is -2.93. The SMILES string of the molecule is Cc1cc(C#Cc2cccnc2)nn1-c1ccc(F)cc1. The van der Waals surface area contributed by atoms with Crippen LogP contribution < -0.4 is 0 Å². The first-order valence-electron chi connectivity index (χ1n) is 6.47. The molecule has 0 saturated carbocycles. The highest BCUT2D eigenvalue weighted by atomic mass is 19.1. The summed E-state index contributed by atoms with van der Waals surface area (Å²) in [4.78, 5) is 4.01. The Morgan fingerprint density at radius 2 is 1.90 bits per heavy atom. The van der Waals surface area contributed by atoms with Crippen LogP contribution in [0.5, 0.6) is 0 Å². The highest BCUT2D eigenvalue weighted by molar-refractivity contribution is 5.41. The van der Waals surface area contributed by atoms with Crippen LogP contribution in [0.1, 0.15) is 17.0 Å². The van der Waals surface area contributed by atoms with Crippen molar-refractivity contribution in [2.75, 3.05) is 0 Å². The van der Waals surface area contributed by atoms with Gasteiger partial charge < -0.3 is 0 Å². The normalized spacial score (nSPS) is 10.0. The summed E-state index contributed by atoms with van der Waals surface area (Å²) in [6.45, 7) is 1.94. The van der Waals surface area contributed by atoms with Crippen LogP contribution in [0, 0.1) is 24.6 Å². The molecule has 4 heteroatoms. The Labute approximate surface area is 122 Å². The highest BCUT2D eigenvalue weighted by Gasteiger charge is 2.04. The Kier molecular flexibility index (Phi) is 3.48. The maximum atomic E-state index is 13.0. The number of aryl methyl sites for hydroxylation is 1. The molecule has 2 aromatic heterocycles. The molecule has 2 heterocycles. The van der Waals surface area contributed by atoms with E-state index in [-0.39, 0.29) is 5.82 Å². The molecule has 0 amide bonds. The van der Waals surface area contributed by atoms with Gasteiger partial charge in [0.2, 0.25) is 0 Å². The highest BCUT2D eigenvalue weighted by Crippen LogP contribution is 2.12. The van der Waals surface area contributed by atoms with Crippen LogP contribution >= 0.6 is 0 Å². The van der Waals surface area contributed by atoms with E-state index in [0.29, 0.717) is 5.69 Å². The molecule has 3 aromatic rings. The molecule has 0 saturated heterocycles. The fourth-order valence-corrected chi connectivity index (χ4v) is 1.95. The Morgan fingerprint density at radius 3 is 2.62 bits per heavy atom. The van der Waals surface area contributed by atoms with Gasteiger partial charge in [0.1, 0.15) is 11.5 Å². The molecule has 1 aromatic carbocycles.